The summed E-state index contributed by atoms with van der Waals surface area (Å²) in [5.74, 6) is -0.00883. The number of nitrogens with zero attached hydrogens (tertiary/aromatic N) is 1. The Kier molecular flexibility index (Phi) is 6.85. The number of para-hydroxylation sites is 1. The van der Waals surface area contributed by atoms with E-state index in [-0.39, 0.29) is 18.3 Å². The minimum atomic E-state index is -0.443. The van der Waals surface area contributed by atoms with Gasteiger partial charge in [0.05, 0.1) is 10.7 Å². The summed E-state index contributed by atoms with van der Waals surface area (Å²) in [4.78, 5) is 24.3. The highest BCUT2D eigenvalue weighted by Gasteiger charge is 2.11. The SMILES string of the molecule is Cc1ccc(NC(=O)COc2ccc(/C=N/NC(=O)c3cc4ccccc4o3)cc2Br)cc1. The molecule has 166 valence electrons. The van der Waals surface area contributed by atoms with Crippen molar-refractivity contribution in [3.05, 3.63) is 94.2 Å². The molecule has 7 nitrogen and oxygen atoms in total. The quantitative estimate of drug-likeness (QED) is 0.263. The number of hydrogen-bond acceptors (Lipinski definition) is 5. The van der Waals surface area contributed by atoms with Crippen LogP contribution in [0.4, 0.5) is 5.69 Å². The van der Waals surface area contributed by atoms with Gasteiger partial charge in [-0.25, -0.2) is 5.43 Å². The molecule has 2 N–H and O–H groups in total. The molecule has 0 unspecified atom stereocenters. The number of benzene rings is 3. The maximum Gasteiger partial charge on any atom is 0.307 e. The fourth-order valence-electron chi connectivity index (χ4n) is 3.01. The standard InChI is InChI=1S/C25H20BrN3O4/c1-16-6-9-19(10-7-16)28-24(30)15-32-22-11-8-17(12-20(22)26)14-27-29-25(31)23-13-18-4-2-3-5-21(18)33-23/h2-14H,15H2,1H3,(H,28,30)(H,29,31)/b27-14+. The van der Waals surface area contributed by atoms with E-state index in [1.54, 1.807) is 30.3 Å². The normalized spacial score (nSPS) is 11.0. The molecule has 33 heavy (non-hydrogen) atoms. The first-order valence-electron chi connectivity index (χ1n) is 10.1. The lowest BCUT2D eigenvalue weighted by atomic mass is 10.2. The number of halogens is 1. The second-order valence-electron chi connectivity index (χ2n) is 7.24. The van der Waals surface area contributed by atoms with Gasteiger partial charge in [-0.1, -0.05) is 35.9 Å². The van der Waals surface area contributed by atoms with Crippen LogP contribution in [0.3, 0.4) is 0 Å². The van der Waals surface area contributed by atoms with E-state index in [4.69, 9.17) is 9.15 Å². The number of hydrazone groups is 1. The molecule has 0 radical (unpaired) electrons. The zero-order valence-corrected chi connectivity index (χ0v) is 19.3. The third kappa shape index (κ3) is 5.87. The van der Waals surface area contributed by atoms with E-state index in [9.17, 15) is 9.59 Å². The van der Waals surface area contributed by atoms with Crippen LogP contribution in [0.15, 0.2) is 86.8 Å². The van der Waals surface area contributed by atoms with Crippen LogP contribution < -0.4 is 15.5 Å². The Morgan fingerprint density at radius 2 is 1.85 bits per heavy atom. The van der Waals surface area contributed by atoms with Crippen molar-refractivity contribution in [3.63, 3.8) is 0 Å². The van der Waals surface area contributed by atoms with Crippen LogP contribution in [0.25, 0.3) is 11.0 Å². The molecule has 0 spiro atoms. The highest BCUT2D eigenvalue weighted by atomic mass is 79.9. The number of ether oxygens (including phenoxy) is 1. The predicted molar refractivity (Wildman–Crippen MR) is 131 cm³/mol. The molecular formula is C25H20BrN3O4. The summed E-state index contributed by atoms with van der Waals surface area (Å²) in [6, 6.07) is 21.8. The van der Waals surface area contributed by atoms with E-state index in [2.05, 4.69) is 31.8 Å². The van der Waals surface area contributed by atoms with E-state index in [0.29, 0.717) is 21.5 Å². The Balaban J connectivity index is 1.30. The molecular weight excluding hydrogens is 486 g/mol. The summed E-state index contributed by atoms with van der Waals surface area (Å²) in [6.07, 6.45) is 1.50. The Labute approximate surface area is 198 Å². The summed E-state index contributed by atoms with van der Waals surface area (Å²) >= 11 is 3.43. The first-order chi connectivity index (χ1) is 16.0. The number of carbonyl (C=O) groups is 2. The highest BCUT2D eigenvalue weighted by molar-refractivity contribution is 9.10. The van der Waals surface area contributed by atoms with Gasteiger partial charge in [0, 0.05) is 11.1 Å². The smallest absolute Gasteiger partial charge is 0.307 e. The fourth-order valence-corrected chi connectivity index (χ4v) is 3.52. The molecule has 2 amide bonds. The molecule has 1 aromatic heterocycles. The van der Waals surface area contributed by atoms with Crippen LogP contribution in [-0.2, 0) is 4.79 Å². The first-order valence-corrected chi connectivity index (χ1v) is 10.9. The van der Waals surface area contributed by atoms with E-state index < -0.39 is 5.91 Å². The van der Waals surface area contributed by atoms with Gasteiger partial charge in [0.15, 0.2) is 12.4 Å². The van der Waals surface area contributed by atoms with Crippen molar-refractivity contribution in [2.24, 2.45) is 5.10 Å². The van der Waals surface area contributed by atoms with Crippen molar-refractivity contribution in [1.29, 1.82) is 0 Å². The Bertz CT molecular complexity index is 1300. The van der Waals surface area contributed by atoms with Crippen LogP contribution in [0.1, 0.15) is 21.7 Å². The van der Waals surface area contributed by atoms with Crippen molar-refractivity contribution in [3.8, 4) is 5.75 Å². The monoisotopic (exact) mass is 505 g/mol. The topological polar surface area (TPSA) is 92.9 Å². The zero-order valence-electron chi connectivity index (χ0n) is 17.7. The number of hydrogen-bond donors (Lipinski definition) is 2. The van der Waals surface area contributed by atoms with E-state index in [1.165, 1.54) is 6.21 Å². The minimum Gasteiger partial charge on any atom is -0.483 e. The zero-order chi connectivity index (χ0) is 23.2. The van der Waals surface area contributed by atoms with Crippen molar-refractivity contribution in [2.45, 2.75) is 6.92 Å². The Morgan fingerprint density at radius 1 is 1.06 bits per heavy atom. The van der Waals surface area contributed by atoms with E-state index in [1.807, 2.05) is 49.4 Å². The molecule has 0 aliphatic rings. The van der Waals surface area contributed by atoms with Gasteiger partial charge in [-0.2, -0.15) is 5.10 Å². The largest absolute Gasteiger partial charge is 0.483 e. The van der Waals surface area contributed by atoms with Crippen LogP contribution in [0.5, 0.6) is 5.75 Å². The molecule has 0 bridgehead atoms. The molecule has 0 fully saturated rings. The third-order valence-corrected chi connectivity index (χ3v) is 5.30. The summed E-state index contributed by atoms with van der Waals surface area (Å²) in [7, 11) is 0. The Hall–Kier alpha value is -3.91. The van der Waals surface area contributed by atoms with Gasteiger partial charge >= 0.3 is 5.91 Å². The first kappa shape index (κ1) is 22.3. The molecule has 4 aromatic rings. The summed E-state index contributed by atoms with van der Waals surface area (Å²) in [6.45, 7) is 1.85. The molecule has 1 heterocycles. The fraction of sp³-hybridized carbons (Fsp3) is 0.0800. The molecule has 0 atom stereocenters. The van der Waals surface area contributed by atoms with Gasteiger partial charge < -0.3 is 14.5 Å². The molecule has 0 saturated heterocycles. The summed E-state index contributed by atoms with van der Waals surface area (Å²) in [5, 5.41) is 7.60. The predicted octanol–water partition coefficient (Wildman–Crippen LogP) is 5.29. The van der Waals surface area contributed by atoms with Crippen molar-refractivity contribution in [1.82, 2.24) is 5.43 Å². The summed E-state index contributed by atoms with van der Waals surface area (Å²) < 4.78 is 11.8. The molecule has 8 heteroatoms. The van der Waals surface area contributed by atoms with Gasteiger partial charge in [-0.3, -0.25) is 9.59 Å². The van der Waals surface area contributed by atoms with Gasteiger partial charge in [0.2, 0.25) is 0 Å². The molecule has 0 aliphatic carbocycles. The van der Waals surface area contributed by atoms with Crippen molar-refractivity contribution >= 4 is 50.6 Å². The number of fused-ring (bicyclic) bond motifs is 1. The average molecular weight is 506 g/mol. The van der Waals surface area contributed by atoms with E-state index in [0.717, 1.165) is 16.5 Å². The third-order valence-electron chi connectivity index (χ3n) is 4.68. The van der Waals surface area contributed by atoms with Gasteiger partial charge in [-0.05, 0) is 70.9 Å². The van der Waals surface area contributed by atoms with Gasteiger partial charge in [-0.15, -0.1) is 0 Å². The number of furan rings is 1. The van der Waals surface area contributed by atoms with Crippen LogP contribution in [-0.4, -0.2) is 24.6 Å². The second kappa shape index (κ2) is 10.1. The summed E-state index contributed by atoms with van der Waals surface area (Å²) in [5.41, 5.74) is 5.64. The van der Waals surface area contributed by atoms with Gasteiger partial charge in [0.25, 0.3) is 5.91 Å². The number of nitrogens with one attached hydrogen (secondary N) is 2. The highest BCUT2D eigenvalue weighted by Crippen LogP contribution is 2.25. The lowest BCUT2D eigenvalue weighted by molar-refractivity contribution is -0.118. The molecule has 4 rings (SSSR count). The molecule has 0 saturated carbocycles. The van der Waals surface area contributed by atoms with E-state index >= 15 is 0 Å². The van der Waals surface area contributed by atoms with Crippen molar-refractivity contribution in [2.75, 3.05) is 11.9 Å². The second-order valence-corrected chi connectivity index (χ2v) is 8.09. The van der Waals surface area contributed by atoms with Crippen LogP contribution in [0, 0.1) is 6.92 Å². The number of carbonyl (C=O) groups excluding carboxylic acids is 2. The maximum absolute atomic E-state index is 12.2. The van der Waals surface area contributed by atoms with Crippen molar-refractivity contribution < 1.29 is 18.7 Å². The minimum absolute atomic E-state index is 0.131. The van der Waals surface area contributed by atoms with Gasteiger partial charge in [0.1, 0.15) is 11.3 Å². The lowest BCUT2D eigenvalue weighted by Gasteiger charge is -2.09. The number of anilines is 1. The number of rotatable bonds is 7. The maximum atomic E-state index is 12.2. The molecule has 3 aromatic carbocycles. The number of amides is 2. The Morgan fingerprint density at radius 3 is 2.61 bits per heavy atom. The van der Waals surface area contributed by atoms with Crippen LogP contribution in [0.2, 0.25) is 0 Å². The average Bonchev–Trinajstić information content (AvgIpc) is 3.24. The lowest BCUT2D eigenvalue weighted by Crippen LogP contribution is -2.20. The molecule has 0 aliphatic heterocycles. The van der Waals surface area contributed by atoms with Crippen LogP contribution >= 0.6 is 15.9 Å². The number of aryl methyl sites for hydroxylation is 1.